The molecule has 5 nitrogen and oxygen atoms in total. The summed E-state index contributed by atoms with van der Waals surface area (Å²) in [6, 6.07) is 3.17. The lowest BCUT2D eigenvalue weighted by molar-refractivity contribution is -0.144. The van der Waals surface area contributed by atoms with Crippen LogP contribution in [0.3, 0.4) is 0 Å². The van der Waals surface area contributed by atoms with Crippen LogP contribution in [0.25, 0.3) is 0 Å². The van der Waals surface area contributed by atoms with Crippen molar-refractivity contribution in [1.29, 1.82) is 0 Å². The third-order valence-electron chi connectivity index (χ3n) is 2.59. The van der Waals surface area contributed by atoms with Crippen LogP contribution >= 0.6 is 0 Å². The number of aromatic nitrogens is 2. The standard InChI is InChI=1S/C13H15F3N4O/c1-2-4-17-10-6-11(18-7-9-3-5-21-8-9)20-12(19-10)13(14,15)16/h3,5-6,8H,2,4,7H2,1H3,(H2,17,18,19,20). The first-order valence-corrected chi connectivity index (χ1v) is 6.44. The summed E-state index contributed by atoms with van der Waals surface area (Å²) in [5, 5.41) is 5.66. The zero-order chi connectivity index (χ0) is 15.3. The summed E-state index contributed by atoms with van der Waals surface area (Å²) in [5.74, 6) is -0.913. The van der Waals surface area contributed by atoms with Gasteiger partial charge in [0.1, 0.15) is 11.6 Å². The Labute approximate surface area is 119 Å². The molecule has 0 aliphatic carbocycles. The molecule has 0 radical (unpaired) electrons. The molecule has 0 aromatic carbocycles. The molecule has 0 amide bonds. The van der Waals surface area contributed by atoms with E-state index in [1.54, 1.807) is 6.07 Å². The predicted octanol–water partition coefficient (Wildman–Crippen LogP) is 3.52. The van der Waals surface area contributed by atoms with Gasteiger partial charge in [-0.25, -0.2) is 9.97 Å². The van der Waals surface area contributed by atoms with Crippen molar-refractivity contribution < 1.29 is 17.6 Å². The zero-order valence-corrected chi connectivity index (χ0v) is 11.4. The number of halogens is 3. The molecule has 0 atom stereocenters. The molecular formula is C13H15F3N4O. The highest BCUT2D eigenvalue weighted by Gasteiger charge is 2.35. The van der Waals surface area contributed by atoms with Crippen molar-refractivity contribution in [1.82, 2.24) is 9.97 Å². The van der Waals surface area contributed by atoms with E-state index in [9.17, 15) is 13.2 Å². The maximum atomic E-state index is 12.8. The molecule has 2 aromatic heterocycles. The lowest BCUT2D eigenvalue weighted by Crippen LogP contribution is -2.15. The molecule has 114 valence electrons. The van der Waals surface area contributed by atoms with Gasteiger partial charge in [-0.2, -0.15) is 13.2 Å². The van der Waals surface area contributed by atoms with E-state index in [0.29, 0.717) is 13.1 Å². The van der Waals surface area contributed by atoms with Gasteiger partial charge in [0.2, 0.25) is 5.82 Å². The minimum Gasteiger partial charge on any atom is -0.472 e. The predicted molar refractivity (Wildman–Crippen MR) is 71.8 cm³/mol. The maximum absolute atomic E-state index is 12.8. The van der Waals surface area contributed by atoms with Gasteiger partial charge in [0.15, 0.2) is 0 Å². The van der Waals surface area contributed by atoms with Crippen LogP contribution in [0.5, 0.6) is 0 Å². The number of hydrogen-bond donors (Lipinski definition) is 2. The molecule has 0 unspecified atom stereocenters. The van der Waals surface area contributed by atoms with Gasteiger partial charge in [0, 0.05) is 24.7 Å². The Kier molecular flexibility index (Phi) is 4.66. The molecule has 0 fully saturated rings. The van der Waals surface area contributed by atoms with Crippen LogP contribution in [-0.2, 0) is 12.7 Å². The van der Waals surface area contributed by atoms with Crippen LogP contribution in [0.15, 0.2) is 29.1 Å². The number of nitrogens with one attached hydrogen (secondary N) is 2. The van der Waals surface area contributed by atoms with Crippen LogP contribution in [0, 0.1) is 0 Å². The van der Waals surface area contributed by atoms with E-state index in [0.717, 1.165) is 12.0 Å². The monoisotopic (exact) mass is 300 g/mol. The Morgan fingerprint density at radius 2 is 1.90 bits per heavy atom. The minimum atomic E-state index is -4.59. The average molecular weight is 300 g/mol. The highest BCUT2D eigenvalue weighted by atomic mass is 19.4. The minimum absolute atomic E-state index is 0.108. The summed E-state index contributed by atoms with van der Waals surface area (Å²) >= 11 is 0. The first kappa shape index (κ1) is 15.1. The number of rotatable bonds is 6. The number of nitrogens with zero attached hydrogens (tertiary/aromatic N) is 2. The van der Waals surface area contributed by atoms with Crippen LogP contribution in [0.1, 0.15) is 24.7 Å². The molecule has 21 heavy (non-hydrogen) atoms. The van der Waals surface area contributed by atoms with Gasteiger partial charge in [-0.3, -0.25) is 0 Å². The van der Waals surface area contributed by atoms with Gasteiger partial charge >= 0.3 is 6.18 Å². The van der Waals surface area contributed by atoms with Crippen LogP contribution < -0.4 is 10.6 Å². The highest BCUT2D eigenvalue weighted by Crippen LogP contribution is 2.28. The molecule has 0 spiro atoms. The molecule has 0 saturated carbocycles. The molecular weight excluding hydrogens is 285 g/mol. The second kappa shape index (κ2) is 6.47. The van der Waals surface area contributed by atoms with Crippen molar-refractivity contribution in [2.45, 2.75) is 26.1 Å². The van der Waals surface area contributed by atoms with Crippen molar-refractivity contribution in [2.75, 3.05) is 17.2 Å². The van der Waals surface area contributed by atoms with Gasteiger partial charge in [-0.1, -0.05) is 6.92 Å². The molecule has 0 bridgehead atoms. The molecule has 2 aromatic rings. The summed E-state index contributed by atoms with van der Waals surface area (Å²) in [6.07, 6.45) is -0.805. The van der Waals surface area contributed by atoms with Crippen molar-refractivity contribution in [3.63, 3.8) is 0 Å². The van der Waals surface area contributed by atoms with Crippen molar-refractivity contribution >= 4 is 11.6 Å². The van der Waals surface area contributed by atoms with Crippen LogP contribution in [0.4, 0.5) is 24.8 Å². The largest absolute Gasteiger partial charge is 0.472 e. The number of hydrogen-bond acceptors (Lipinski definition) is 5. The third-order valence-corrected chi connectivity index (χ3v) is 2.59. The van der Waals surface area contributed by atoms with Gasteiger partial charge in [-0.05, 0) is 12.5 Å². The quantitative estimate of drug-likeness (QED) is 0.854. The fourth-order valence-corrected chi connectivity index (χ4v) is 1.59. The molecule has 8 heteroatoms. The normalized spacial score (nSPS) is 11.4. The summed E-state index contributed by atoms with van der Waals surface area (Å²) in [5.41, 5.74) is 0.810. The maximum Gasteiger partial charge on any atom is 0.451 e. The van der Waals surface area contributed by atoms with E-state index in [1.807, 2.05) is 6.92 Å². The van der Waals surface area contributed by atoms with Gasteiger partial charge < -0.3 is 15.1 Å². The topological polar surface area (TPSA) is 63.0 Å². The Morgan fingerprint density at radius 1 is 1.19 bits per heavy atom. The Bertz CT molecular complexity index is 569. The van der Waals surface area contributed by atoms with E-state index in [2.05, 4.69) is 20.6 Å². The molecule has 2 rings (SSSR count). The second-order valence-electron chi connectivity index (χ2n) is 4.37. The van der Waals surface area contributed by atoms with Gasteiger partial charge in [0.25, 0.3) is 0 Å². The first-order chi connectivity index (χ1) is 9.99. The van der Waals surface area contributed by atoms with Crippen molar-refractivity contribution in [2.24, 2.45) is 0 Å². The Balaban J connectivity index is 2.17. The molecule has 2 heterocycles. The molecule has 0 saturated heterocycles. The van der Waals surface area contributed by atoms with E-state index in [4.69, 9.17) is 4.42 Å². The summed E-state index contributed by atoms with van der Waals surface area (Å²) < 4.78 is 43.3. The fourth-order valence-electron chi connectivity index (χ4n) is 1.59. The van der Waals surface area contributed by atoms with Crippen molar-refractivity contribution in [3.8, 4) is 0 Å². The second-order valence-corrected chi connectivity index (χ2v) is 4.37. The average Bonchev–Trinajstić information content (AvgIpc) is 2.95. The van der Waals surface area contributed by atoms with E-state index in [-0.39, 0.29) is 11.6 Å². The van der Waals surface area contributed by atoms with Crippen LogP contribution in [-0.4, -0.2) is 16.5 Å². The fraction of sp³-hybridized carbons (Fsp3) is 0.385. The van der Waals surface area contributed by atoms with E-state index in [1.165, 1.54) is 18.6 Å². The van der Waals surface area contributed by atoms with Crippen LogP contribution in [0.2, 0.25) is 0 Å². The highest BCUT2D eigenvalue weighted by molar-refractivity contribution is 5.48. The summed E-state index contributed by atoms with van der Waals surface area (Å²) in [6.45, 7) is 2.77. The SMILES string of the molecule is CCCNc1cc(NCc2ccoc2)nc(C(F)(F)F)n1. The van der Waals surface area contributed by atoms with E-state index >= 15 is 0 Å². The molecule has 2 N–H and O–H groups in total. The lowest BCUT2D eigenvalue weighted by atomic mass is 10.3. The third kappa shape index (κ3) is 4.37. The summed E-state index contributed by atoms with van der Waals surface area (Å²) in [4.78, 5) is 6.98. The van der Waals surface area contributed by atoms with E-state index < -0.39 is 12.0 Å². The number of alkyl halides is 3. The molecule has 0 aliphatic rings. The molecule has 0 aliphatic heterocycles. The smallest absolute Gasteiger partial charge is 0.451 e. The lowest BCUT2D eigenvalue weighted by Gasteiger charge is -2.12. The Morgan fingerprint density at radius 3 is 2.48 bits per heavy atom. The number of anilines is 2. The Hall–Kier alpha value is -2.25. The van der Waals surface area contributed by atoms with Crippen molar-refractivity contribution in [3.05, 3.63) is 36.0 Å². The first-order valence-electron chi connectivity index (χ1n) is 6.44. The zero-order valence-electron chi connectivity index (χ0n) is 11.4. The van der Waals surface area contributed by atoms with Gasteiger partial charge in [-0.15, -0.1) is 0 Å². The summed E-state index contributed by atoms with van der Waals surface area (Å²) in [7, 11) is 0. The van der Waals surface area contributed by atoms with Gasteiger partial charge in [0.05, 0.1) is 12.5 Å². The number of furan rings is 1.